The molecule has 1 aliphatic heterocycles. The van der Waals surface area contributed by atoms with E-state index >= 15 is 0 Å². The third-order valence-electron chi connectivity index (χ3n) is 3.28. The molecule has 0 bridgehead atoms. The Hall–Kier alpha value is -1.18. The van der Waals surface area contributed by atoms with Crippen molar-refractivity contribution in [3.8, 4) is 0 Å². The maximum Gasteiger partial charge on any atom is 0.315 e. The minimum Gasteiger partial charge on any atom is -0.373 e. The van der Waals surface area contributed by atoms with Crippen molar-refractivity contribution in [3.05, 3.63) is 16.1 Å². The minimum atomic E-state index is -0.141. The molecular weight excluding hydrogens is 288 g/mol. The van der Waals surface area contributed by atoms with Gasteiger partial charge in [0.1, 0.15) is 5.01 Å². The summed E-state index contributed by atoms with van der Waals surface area (Å²) < 4.78 is 5.69. The Bertz CT molecular complexity index is 456. The predicted molar refractivity (Wildman–Crippen MR) is 83.5 cm³/mol. The number of hydrogen-bond acceptors (Lipinski definition) is 5. The molecule has 2 amide bonds. The Balaban J connectivity index is 1.60. The molecule has 21 heavy (non-hydrogen) atoms. The van der Waals surface area contributed by atoms with E-state index in [9.17, 15) is 4.79 Å². The van der Waals surface area contributed by atoms with Gasteiger partial charge in [-0.1, -0.05) is 0 Å². The molecule has 0 aromatic carbocycles. The van der Waals surface area contributed by atoms with Gasteiger partial charge in [-0.15, -0.1) is 11.3 Å². The summed E-state index contributed by atoms with van der Waals surface area (Å²) in [6, 6.07) is -0.141. The fourth-order valence-electron chi connectivity index (χ4n) is 2.50. The average Bonchev–Trinajstić information content (AvgIpc) is 2.81. The number of aromatic nitrogens is 1. The van der Waals surface area contributed by atoms with E-state index in [-0.39, 0.29) is 18.2 Å². The van der Waals surface area contributed by atoms with E-state index in [1.54, 1.807) is 11.3 Å². The summed E-state index contributed by atoms with van der Waals surface area (Å²) in [5, 5.41) is 8.61. The number of hydrogen-bond donors (Lipinski definition) is 2. The molecular formula is C14H24N4O2S. The highest BCUT2D eigenvalue weighted by Crippen LogP contribution is 2.09. The molecule has 0 aliphatic carbocycles. The van der Waals surface area contributed by atoms with E-state index in [4.69, 9.17) is 4.74 Å². The lowest BCUT2D eigenvalue weighted by Gasteiger charge is -2.35. The van der Waals surface area contributed by atoms with Crippen molar-refractivity contribution in [2.75, 3.05) is 26.2 Å². The molecule has 1 fully saturated rings. The third-order valence-corrected chi connectivity index (χ3v) is 4.24. The lowest BCUT2D eigenvalue weighted by Crippen LogP contribution is -2.48. The first-order valence-electron chi connectivity index (χ1n) is 7.33. The Labute approximate surface area is 129 Å². The molecule has 6 nitrogen and oxygen atoms in total. The van der Waals surface area contributed by atoms with Crippen LogP contribution in [0.3, 0.4) is 0 Å². The number of carbonyl (C=O) groups is 1. The summed E-state index contributed by atoms with van der Waals surface area (Å²) >= 11 is 1.56. The maximum atomic E-state index is 11.7. The van der Waals surface area contributed by atoms with Crippen LogP contribution in [0.5, 0.6) is 0 Å². The molecule has 0 unspecified atom stereocenters. The van der Waals surface area contributed by atoms with Gasteiger partial charge in [0.05, 0.1) is 18.8 Å². The Kier molecular flexibility index (Phi) is 5.96. The van der Waals surface area contributed by atoms with Crippen LogP contribution in [0.1, 0.15) is 24.5 Å². The van der Waals surface area contributed by atoms with E-state index < -0.39 is 0 Å². The highest BCUT2D eigenvalue weighted by atomic mass is 32.1. The number of ether oxygens (including phenoxy) is 1. The highest BCUT2D eigenvalue weighted by Gasteiger charge is 2.21. The number of urea groups is 1. The van der Waals surface area contributed by atoms with Gasteiger partial charge in [-0.05, 0) is 20.8 Å². The number of aryl methyl sites for hydroxylation is 1. The fourth-order valence-corrected chi connectivity index (χ4v) is 3.21. The zero-order valence-corrected chi connectivity index (χ0v) is 13.7. The molecule has 1 aromatic heterocycles. The van der Waals surface area contributed by atoms with E-state index in [0.29, 0.717) is 13.1 Å². The first kappa shape index (κ1) is 16.2. The Morgan fingerprint density at radius 3 is 2.76 bits per heavy atom. The van der Waals surface area contributed by atoms with Crippen molar-refractivity contribution >= 4 is 17.4 Å². The van der Waals surface area contributed by atoms with Gasteiger partial charge >= 0.3 is 6.03 Å². The van der Waals surface area contributed by atoms with Crippen molar-refractivity contribution in [1.29, 1.82) is 0 Å². The first-order valence-corrected chi connectivity index (χ1v) is 8.21. The van der Waals surface area contributed by atoms with E-state index in [1.807, 2.05) is 12.3 Å². The number of nitrogens with one attached hydrogen (secondary N) is 2. The molecule has 2 atom stereocenters. The maximum absolute atomic E-state index is 11.7. The van der Waals surface area contributed by atoms with Crippen LogP contribution < -0.4 is 10.6 Å². The molecule has 2 N–H and O–H groups in total. The van der Waals surface area contributed by atoms with Crippen molar-refractivity contribution in [2.24, 2.45) is 0 Å². The zero-order valence-electron chi connectivity index (χ0n) is 12.9. The molecule has 1 saturated heterocycles. The van der Waals surface area contributed by atoms with Crippen LogP contribution in [0, 0.1) is 6.92 Å². The number of carbonyl (C=O) groups excluding carboxylic acids is 1. The molecule has 1 aliphatic rings. The van der Waals surface area contributed by atoms with Gasteiger partial charge in [0.25, 0.3) is 0 Å². The molecule has 2 rings (SSSR count). The zero-order chi connectivity index (χ0) is 15.2. The summed E-state index contributed by atoms with van der Waals surface area (Å²) in [4.78, 5) is 18.3. The van der Waals surface area contributed by atoms with Crippen LogP contribution >= 0.6 is 11.3 Å². The van der Waals surface area contributed by atoms with E-state index in [0.717, 1.165) is 30.3 Å². The summed E-state index contributed by atoms with van der Waals surface area (Å²) in [7, 11) is 0. The Morgan fingerprint density at radius 1 is 1.43 bits per heavy atom. The van der Waals surface area contributed by atoms with Gasteiger partial charge in [-0.2, -0.15) is 0 Å². The standard InChI is InChI=1S/C14H24N4O2S/c1-10-9-21-13(17-10)6-16-14(19)15-4-5-18-7-11(2)20-12(3)8-18/h9,11-12H,4-8H2,1-3H3,(H2,15,16,19)/t11-,12-/m1/s1. The van der Waals surface area contributed by atoms with Crippen LogP contribution in [0.25, 0.3) is 0 Å². The van der Waals surface area contributed by atoms with Gasteiger partial charge in [-0.3, -0.25) is 4.90 Å². The topological polar surface area (TPSA) is 66.5 Å². The normalized spacial score (nSPS) is 23.0. The largest absolute Gasteiger partial charge is 0.373 e. The summed E-state index contributed by atoms with van der Waals surface area (Å²) in [5.41, 5.74) is 0.993. The van der Waals surface area contributed by atoms with Crippen molar-refractivity contribution in [2.45, 2.75) is 39.5 Å². The van der Waals surface area contributed by atoms with Crippen LogP contribution in [0.2, 0.25) is 0 Å². The van der Waals surface area contributed by atoms with Gasteiger partial charge in [0, 0.05) is 37.3 Å². The van der Waals surface area contributed by atoms with Crippen LogP contribution in [0.4, 0.5) is 4.79 Å². The van der Waals surface area contributed by atoms with E-state index in [2.05, 4.69) is 34.4 Å². The number of rotatable bonds is 5. The van der Waals surface area contributed by atoms with Crippen LogP contribution in [0.15, 0.2) is 5.38 Å². The second-order valence-corrected chi connectivity index (χ2v) is 6.45. The van der Waals surface area contributed by atoms with Gasteiger partial charge < -0.3 is 15.4 Å². The SMILES string of the molecule is Cc1csc(CNC(=O)NCCN2C[C@@H](C)O[C@H](C)C2)n1. The molecule has 1 aromatic rings. The number of thiazole rings is 1. The average molecular weight is 312 g/mol. The highest BCUT2D eigenvalue weighted by molar-refractivity contribution is 7.09. The molecule has 7 heteroatoms. The summed E-state index contributed by atoms with van der Waals surface area (Å²) in [6.07, 6.45) is 0.520. The lowest BCUT2D eigenvalue weighted by molar-refractivity contribution is -0.0672. The van der Waals surface area contributed by atoms with Crippen LogP contribution in [-0.4, -0.2) is 54.3 Å². The molecule has 2 heterocycles. The first-order chi connectivity index (χ1) is 10.0. The minimum absolute atomic E-state index is 0.141. The quantitative estimate of drug-likeness (QED) is 0.861. The summed E-state index contributed by atoms with van der Waals surface area (Å²) in [6.45, 7) is 9.93. The van der Waals surface area contributed by atoms with Gasteiger partial charge in [0.15, 0.2) is 0 Å². The lowest BCUT2D eigenvalue weighted by atomic mass is 10.2. The molecule has 0 spiro atoms. The third kappa shape index (κ3) is 5.61. The van der Waals surface area contributed by atoms with Crippen molar-refractivity contribution in [1.82, 2.24) is 20.5 Å². The monoisotopic (exact) mass is 312 g/mol. The number of morpholine rings is 1. The molecule has 118 valence electrons. The van der Waals surface area contributed by atoms with Crippen molar-refractivity contribution < 1.29 is 9.53 Å². The molecule has 0 radical (unpaired) electrons. The van der Waals surface area contributed by atoms with E-state index in [1.165, 1.54) is 0 Å². The number of nitrogens with zero attached hydrogens (tertiary/aromatic N) is 2. The fraction of sp³-hybridized carbons (Fsp3) is 0.714. The molecule has 0 saturated carbocycles. The predicted octanol–water partition coefficient (Wildman–Crippen LogP) is 1.36. The second kappa shape index (κ2) is 7.72. The summed E-state index contributed by atoms with van der Waals surface area (Å²) in [5.74, 6) is 0. The van der Waals surface area contributed by atoms with Gasteiger partial charge in [-0.25, -0.2) is 9.78 Å². The smallest absolute Gasteiger partial charge is 0.315 e. The van der Waals surface area contributed by atoms with Crippen molar-refractivity contribution in [3.63, 3.8) is 0 Å². The van der Waals surface area contributed by atoms with Gasteiger partial charge in [0.2, 0.25) is 0 Å². The van der Waals surface area contributed by atoms with Crippen LogP contribution in [-0.2, 0) is 11.3 Å². The second-order valence-electron chi connectivity index (χ2n) is 5.51. The Morgan fingerprint density at radius 2 is 2.14 bits per heavy atom. The number of amides is 2.